The highest BCUT2D eigenvalue weighted by Gasteiger charge is 2.31. The second kappa shape index (κ2) is 6.78. The van der Waals surface area contributed by atoms with Crippen molar-refractivity contribution in [2.75, 3.05) is 18.6 Å². The third kappa shape index (κ3) is 3.13. The van der Waals surface area contributed by atoms with Crippen LogP contribution in [0.3, 0.4) is 0 Å². The van der Waals surface area contributed by atoms with Gasteiger partial charge in [0.1, 0.15) is 17.5 Å². The molecule has 1 N–H and O–H groups in total. The first-order valence-corrected chi connectivity index (χ1v) is 7.98. The second-order valence-corrected chi connectivity index (χ2v) is 5.86. The van der Waals surface area contributed by atoms with Crippen molar-refractivity contribution in [3.05, 3.63) is 48.3 Å². The molecule has 2 amide bonds. The second-order valence-electron chi connectivity index (χ2n) is 5.86. The molecule has 126 valence electrons. The van der Waals surface area contributed by atoms with E-state index < -0.39 is 6.04 Å². The van der Waals surface area contributed by atoms with Crippen molar-refractivity contribution in [2.45, 2.75) is 18.9 Å². The molecule has 1 aliphatic rings. The van der Waals surface area contributed by atoms with Crippen LogP contribution in [0.1, 0.15) is 23.3 Å². The lowest BCUT2D eigenvalue weighted by molar-refractivity contribution is -0.121. The number of rotatable bonds is 4. The number of aromatic nitrogens is 1. The number of piperidine rings is 1. The van der Waals surface area contributed by atoms with Crippen molar-refractivity contribution in [1.82, 2.24) is 9.88 Å². The number of hydrogen-bond donors (Lipinski definition) is 1. The molecule has 0 saturated carbocycles. The van der Waals surface area contributed by atoms with Crippen molar-refractivity contribution < 1.29 is 14.3 Å². The molecule has 0 bridgehead atoms. The zero-order chi connectivity index (χ0) is 17.1. The molecule has 1 aromatic carbocycles. The lowest BCUT2D eigenvalue weighted by Gasteiger charge is -2.32. The molecule has 1 aliphatic heterocycles. The van der Waals surface area contributed by atoms with Crippen LogP contribution in [0.2, 0.25) is 0 Å². The van der Waals surface area contributed by atoms with Crippen LogP contribution in [0.15, 0.2) is 42.6 Å². The van der Waals surface area contributed by atoms with E-state index in [0.717, 1.165) is 12.1 Å². The highest BCUT2D eigenvalue weighted by molar-refractivity contribution is 6.02. The highest BCUT2D eigenvalue weighted by Crippen LogP contribution is 2.25. The molecular formula is C18H21N3O3. The van der Waals surface area contributed by atoms with Crippen molar-refractivity contribution in [3.8, 4) is 5.75 Å². The highest BCUT2D eigenvalue weighted by atomic mass is 16.5. The van der Waals surface area contributed by atoms with E-state index in [1.54, 1.807) is 42.0 Å². The molecule has 0 radical (unpaired) electrons. The summed E-state index contributed by atoms with van der Waals surface area (Å²) in [4.78, 5) is 26.9. The summed E-state index contributed by atoms with van der Waals surface area (Å²) in [5.41, 5.74) is 1.33. The Hall–Kier alpha value is -2.76. The summed E-state index contributed by atoms with van der Waals surface area (Å²) in [5.74, 6) is 0.390. The van der Waals surface area contributed by atoms with Crippen LogP contribution < -0.4 is 15.0 Å². The minimum absolute atomic E-state index is 0.0861. The van der Waals surface area contributed by atoms with Gasteiger partial charge in [-0.1, -0.05) is 6.07 Å². The lowest BCUT2D eigenvalue weighted by atomic mass is 10.0. The number of nitrogens with one attached hydrogen (secondary N) is 1. The number of aryl methyl sites for hydroxylation is 1. The summed E-state index contributed by atoms with van der Waals surface area (Å²) in [6.45, 7) is 0.641. The van der Waals surface area contributed by atoms with Crippen molar-refractivity contribution in [3.63, 3.8) is 0 Å². The number of ether oxygens (including phenoxy) is 1. The number of carbonyl (C=O) groups is 2. The van der Waals surface area contributed by atoms with Crippen LogP contribution in [0.25, 0.3) is 0 Å². The van der Waals surface area contributed by atoms with E-state index in [2.05, 4.69) is 5.32 Å². The van der Waals surface area contributed by atoms with Gasteiger partial charge in [-0.3, -0.25) is 9.59 Å². The standard InChI is InChI=1S/C18H21N3O3/c1-20-10-5-9-16(20)17(22)19-15-8-4-11-21(18(15)23)13-6-3-7-14(12-13)24-2/h3,5-7,9-10,12,15H,4,8,11H2,1-2H3,(H,19,22). The van der Waals surface area contributed by atoms with Gasteiger partial charge in [-0.05, 0) is 37.1 Å². The fraction of sp³-hybridized carbons (Fsp3) is 0.333. The minimum Gasteiger partial charge on any atom is -0.497 e. The maximum absolute atomic E-state index is 12.8. The van der Waals surface area contributed by atoms with Crippen molar-refractivity contribution in [1.29, 1.82) is 0 Å². The smallest absolute Gasteiger partial charge is 0.268 e. The number of benzene rings is 1. The van der Waals surface area contributed by atoms with Crippen LogP contribution >= 0.6 is 0 Å². The van der Waals surface area contributed by atoms with Gasteiger partial charge in [-0.15, -0.1) is 0 Å². The molecule has 1 saturated heterocycles. The van der Waals surface area contributed by atoms with E-state index in [0.29, 0.717) is 24.4 Å². The summed E-state index contributed by atoms with van der Waals surface area (Å²) in [6.07, 6.45) is 3.29. The van der Waals surface area contributed by atoms with E-state index in [-0.39, 0.29) is 11.8 Å². The number of methoxy groups -OCH3 is 1. The Morgan fingerprint density at radius 1 is 1.29 bits per heavy atom. The van der Waals surface area contributed by atoms with E-state index in [9.17, 15) is 9.59 Å². The fourth-order valence-electron chi connectivity index (χ4n) is 2.97. The average molecular weight is 327 g/mol. The van der Waals surface area contributed by atoms with Gasteiger partial charge in [-0.2, -0.15) is 0 Å². The third-order valence-corrected chi connectivity index (χ3v) is 4.29. The predicted octanol–water partition coefficient (Wildman–Crippen LogP) is 1.96. The van der Waals surface area contributed by atoms with Crippen LogP contribution in [0.5, 0.6) is 5.75 Å². The fourth-order valence-corrected chi connectivity index (χ4v) is 2.97. The zero-order valence-corrected chi connectivity index (χ0v) is 13.9. The largest absolute Gasteiger partial charge is 0.497 e. The summed E-state index contributed by atoms with van der Waals surface area (Å²) < 4.78 is 6.96. The maximum atomic E-state index is 12.8. The number of hydrogen-bond acceptors (Lipinski definition) is 3. The zero-order valence-electron chi connectivity index (χ0n) is 13.9. The van der Waals surface area contributed by atoms with Crippen LogP contribution in [0, 0.1) is 0 Å². The lowest BCUT2D eigenvalue weighted by Crippen LogP contribution is -2.52. The van der Waals surface area contributed by atoms with E-state index in [4.69, 9.17) is 4.74 Å². The molecule has 2 heterocycles. The van der Waals surface area contributed by atoms with Crippen LogP contribution in [-0.2, 0) is 11.8 Å². The minimum atomic E-state index is -0.507. The molecule has 3 rings (SSSR count). The van der Waals surface area contributed by atoms with Crippen LogP contribution in [0.4, 0.5) is 5.69 Å². The first-order chi connectivity index (χ1) is 11.6. The van der Waals surface area contributed by atoms with E-state index in [1.165, 1.54) is 0 Å². The summed E-state index contributed by atoms with van der Waals surface area (Å²) in [6, 6.07) is 10.4. The first-order valence-electron chi connectivity index (χ1n) is 7.98. The number of anilines is 1. The molecule has 0 spiro atoms. The molecule has 1 fully saturated rings. The van der Waals surface area contributed by atoms with Gasteiger partial charge in [0.2, 0.25) is 5.91 Å². The molecule has 1 unspecified atom stereocenters. The average Bonchev–Trinajstić information content (AvgIpc) is 3.03. The van der Waals surface area contributed by atoms with Crippen molar-refractivity contribution in [2.24, 2.45) is 7.05 Å². The van der Waals surface area contributed by atoms with Crippen molar-refractivity contribution >= 4 is 17.5 Å². The van der Waals surface area contributed by atoms with Gasteiger partial charge in [-0.25, -0.2) is 0 Å². The molecule has 6 nitrogen and oxygen atoms in total. The van der Waals surface area contributed by atoms with Gasteiger partial charge in [0, 0.05) is 31.5 Å². The van der Waals surface area contributed by atoms with Crippen LogP contribution in [-0.4, -0.2) is 36.1 Å². The van der Waals surface area contributed by atoms with Gasteiger partial charge in [0.25, 0.3) is 5.91 Å². The molecule has 6 heteroatoms. The van der Waals surface area contributed by atoms with E-state index >= 15 is 0 Å². The van der Waals surface area contributed by atoms with Gasteiger partial charge >= 0.3 is 0 Å². The molecule has 2 aromatic rings. The Morgan fingerprint density at radius 3 is 2.83 bits per heavy atom. The molecule has 24 heavy (non-hydrogen) atoms. The Balaban J connectivity index is 1.75. The Bertz CT molecular complexity index is 753. The summed E-state index contributed by atoms with van der Waals surface area (Å²) in [5, 5.41) is 2.86. The Kier molecular flexibility index (Phi) is 4.55. The summed E-state index contributed by atoms with van der Waals surface area (Å²) in [7, 11) is 3.40. The molecule has 1 aromatic heterocycles. The quantitative estimate of drug-likeness (QED) is 0.934. The predicted molar refractivity (Wildman–Crippen MR) is 91.2 cm³/mol. The number of nitrogens with zero attached hydrogens (tertiary/aromatic N) is 2. The third-order valence-electron chi connectivity index (χ3n) is 4.29. The van der Waals surface area contributed by atoms with E-state index in [1.807, 2.05) is 24.3 Å². The SMILES string of the molecule is COc1cccc(N2CCCC(NC(=O)c3cccn3C)C2=O)c1. The van der Waals surface area contributed by atoms with Gasteiger partial charge in [0.15, 0.2) is 0 Å². The molecule has 0 aliphatic carbocycles. The Morgan fingerprint density at radius 2 is 2.12 bits per heavy atom. The van der Waals surface area contributed by atoms with Gasteiger partial charge in [0.05, 0.1) is 7.11 Å². The maximum Gasteiger partial charge on any atom is 0.268 e. The monoisotopic (exact) mass is 327 g/mol. The number of amides is 2. The Labute approximate surface area is 141 Å². The van der Waals surface area contributed by atoms with Gasteiger partial charge < -0.3 is 19.5 Å². The molecular weight excluding hydrogens is 306 g/mol. The first kappa shape index (κ1) is 16.1. The number of carbonyl (C=O) groups excluding carboxylic acids is 2. The molecule has 1 atom stereocenters. The topological polar surface area (TPSA) is 63.6 Å². The normalized spacial score (nSPS) is 17.7. The summed E-state index contributed by atoms with van der Waals surface area (Å²) >= 11 is 0.